The molecule has 0 heterocycles. The molecule has 0 aromatic carbocycles. The van der Waals surface area contributed by atoms with Crippen LogP contribution in [0.1, 0.15) is 20.3 Å². The second-order valence-corrected chi connectivity index (χ2v) is 3.26. The number of hydrogen-bond acceptors (Lipinski definition) is 3. The molecule has 0 radical (unpaired) electrons. The van der Waals surface area contributed by atoms with Gasteiger partial charge in [0, 0.05) is 12.5 Å². The van der Waals surface area contributed by atoms with Crippen LogP contribution in [-0.4, -0.2) is 24.3 Å². The van der Waals surface area contributed by atoms with Gasteiger partial charge in [0.25, 0.3) is 0 Å². The number of rotatable bonds is 5. The Morgan fingerprint density at radius 1 is 1.38 bits per heavy atom. The topological polar surface area (TPSA) is 107 Å². The molecule has 0 aliphatic heterocycles. The van der Waals surface area contributed by atoms with E-state index in [2.05, 4.69) is 4.99 Å². The lowest BCUT2D eigenvalue weighted by Crippen LogP contribution is -2.34. The SMILES string of the molecule is CC(C)C(=O)[C@@H](N)CCN=C(N)N. The van der Waals surface area contributed by atoms with Gasteiger partial charge in [-0.15, -0.1) is 0 Å². The Kier molecular flexibility index (Phi) is 5.06. The Morgan fingerprint density at radius 2 is 1.92 bits per heavy atom. The highest BCUT2D eigenvalue weighted by Crippen LogP contribution is 2.01. The summed E-state index contributed by atoms with van der Waals surface area (Å²) in [6.45, 7) is 4.05. The Hall–Kier alpha value is -1.10. The first-order valence-electron chi connectivity index (χ1n) is 4.29. The van der Waals surface area contributed by atoms with E-state index in [0.29, 0.717) is 13.0 Å². The summed E-state index contributed by atoms with van der Waals surface area (Å²) in [4.78, 5) is 15.0. The fourth-order valence-electron chi connectivity index (χ4n) is 0.903. The number of carbonyl (C=O) groups is 1. The van der Waals surface area contributed by atoms with Gasteiger partial charge in [-0.05, 0) is 6.42 Å². The predicted octanol–water partition coefficient (Wildman–Crippen LogP) is -0.798. The molecule has 0 saturated heterocycles. The monoisotopic (exact) mass is 186 g/mol. The van der Waals surface area contributed by atoms with Crippen LogP contribution < -0.4 is 17.2 Å². The lowest BCUT2D eigenvalue weighted by Gasteiger charge is -2.11. The summed E-state index contributed by atoms with van der Waals surface area (Å²) in [5.41, 5.74) is 15.8. The normalized spacial score (nSPS) is 12.6. The minimum Gasteiger partial charge on any atom is -0.370 e. The molecule has 0 fully saturated rings. The van der Waals surface area contributed by atoms with E-state index in [1.807, 2.05) is 13.8 Å². The van der Waals surface area contributed by atoms with E-state index in [0.717, 1.165) is 0 Å². The van der Waals surface area contributed by atoms with Crippen molar-refractivity contribution in [1.29, 1.82) is 0 Å². The molecule has 1 atom stereocenters. The lowest BCUT2D eigenvalue weighted by atomic mass is 10.0. The largest absolute Gasteiger partial charge is 0.370 e. The molecule has 0 rings (SSSR count). The van der Waals surface area contributed by atoms with Crippen molar-refractivity contribution < 1.29 is 4.79 Å². The van der Waals surface area contributed by atoms with Crippen molar-refractivity contribution in [2.45, 2.75) is 26.3 Å². The fraction of sp³-hybridized carbons (Fsp3) is 0.750. The minimum atomic E-state index is -0.455. The van der Waals surface area contributed by atoms with Gasteiger partial charge in [-0.1, -0.05) is 13.8 Å². The van der Waals surface area contributed by atoms with Crippen LogP contribution >= 0.6 is 0 Å². The summed E-state index contributed by atoms with van der Waals surface area (Å²) < 4.78 is 0. The van der Waals surface area contributed by atoms with Gasteiger partial charge < -0.3 is 17.2 Å². The Labute approximate surface area is 78.4 Å². The lowest BCUT2D eigenvalue weighted by molar-refractivity contribution is -0.123. The second kappa shape index (κ2) is 5.53. The number of ketones is 1. The Morgan fingerprint density at radius 3 is 2.31 bits per heavy atom. The molecule has 6 N–H and O–H groups in total. The summed E-state index contributed by atoms with van der Waals surface area (Å²) in [7, 11) is 0. The van der Waals surface area contributed by atoms with Gasteiger partial charge >= 0.3 is 0 Å². The molecule has 5 nitrogen and oxygen atoms in total. The van der Waals surface area contributed by atoms with E-state index in [1.54, 1.807) is 0 Å². The van der Waals surface area contributed by atoms with Crippen molar-refractivity contribution in [3.8, 4) is 0 Å². The van der Waals surface area contributed by atoms with E-state index in [1.165, 1.54) is 0 Å². The number of carbonyl (C=O) groups excluding carboxylic acids is 1. The molecular weight excluding hydrogens is 168 g/mol. The molecule has 0 aliphatic carbocycles. The second-order valence-electron chi connectivity index (χ2n) is 3.26. The van der Waals surface area contributed by atoms with Crippen molar-refractivity contribution in [2.75, 3.05) is 6.54 Å². The Balaban J connectivity index is 3.81. The van der Waals surface area contributed by atoms with Crippen LogP contribution in [0.2, 0.25) is 0 Å². The number of Topliss-reactive ketones (excluding diaryl/α,β-unsaturated/α-hetero) is 1. The summed E-state index contributed by atoms with van der Waals surface area (Å²) in [5.74, 6) is 0.0455. The van der Waals surface area contributed by atoms with Gasteiger partial charge in [0.15, 0.2) is 11.7 Å². The van der Waals surface area contributed by atoms with Crippen LogP contribution in [0, 0.1) is 5.92 Å². The number of hydrogen-bond donors (Lipinski definition) is 3. The van der Waals surface area contributed by atoms with E-state index in [-0.39, 0.29) is 17.7 Å². The van der Waals surface area contributed by atoms with Gasteiger partial charge in [0.1, 0.15) is 0 Å². The molecule has 13 heavy (non-hydrogen) atoms. The van der Waals surface area contributed by atoms with E-state index in [9.17, 15) is 4.79 Å². The molecule has 0 spiro atoms. The summed E-state index contributed by atoms with van der Waals surface area (Å²) >= 11 is 0. The van der Waals surface area contributed by atoms with E-state index < -0.39 is 6.04 Å². The standard InChI is InChI=1S/C8H18N4O/c1-5(2)7(13)6(9)3-4-12-8(10)11/h5-6H,3-4,9H2,1-2H3,(H4,10,11,12)/t6-/m0/s1. The molecular formula is C8H18N4O. The van der Waals surface area contributed by atoms with Crippen LogP contribution in [-0.2, 0) is 4.79 Å². The first-order valence-corrected chi connectivity index (χ1v) is 4.29. The van der Waals surface area contributed by atoms with Crippen molar-refractivity contribution >= 4 is 11.7 Å². The first-order chi connectivity index (χ1) is 5.95. The van der Waals surface area contributed by atoms with Crippen molar-refractivity contribution in [3.05, 3.63) is 0 Å². The molecule has 0 bridgehead atoms. The molecule has 0 unspecified atom stereocenters. The number of guanidine groups is 1. The van der Waals surface area contributed by atoms with Crippen LogP contribution in [0.4, 0.5) is 0 Å². The van der Waals surface area contributed by atoms with Crippen LogP contribution in [0.3, 0.4) is 0 Å². The number of aliphatic imine (C=N–C) groups is 1. The van der Waals surface area contributed by atoms with Crippen LogP contribution in [0.15, 0.2) is 4.99 Å². The highest BCUT2D eigenvalue weighted by atomic mass is 16.1. The van der Waals surface area contributed by atoms with Crippen molar-refractivity contribution in [3.63, 3.8) is 0 Å². The first kappa shape index (κ1) is 11.9. The van der Waals surface area contributed by atoms with Crippen molar-refractivity contribution in [2.24, 2.45) is 28.1 Å². The smallest absolute Gasteiger partial charge is 0.185 e. The summed E-state index contributed by atoms with van der Waals surface area (Å²) in [6, 6.07) is -0.455. The van der Waals surface area contributed by atoms with Gasteiger partial charge in [-0.2, -0.15) is 0 Å². The van der Waals surface area contributed by atoms with E-state index in [4.69, 9.17) is 17.2 Å². The van der Waals surface area contributed by atoms with Crippen LogP contribution in [0.25, 0.3) is 0 Å². The summed E-state index contributed by atoms with van der Waals surface area (Å²) in [5, 5.41) is 0. The fourth-order valence-corrected chi connectivity index (χ4v) is 0.903. The maximum atomic E-state index is 11.3. The molecule has 0 amide bonds. The quantitative estimate of drug-likeness (QED) is 0.386. The zero-order valence-corrected chi connectivity index (χ0v) is 8.16. The third-order valence-electron chi connectivity index (χ3n) is 1.67. The molecule has 0 aliphatic rings. The van der Waals surface area contributed by atoms with Gasteiger partial charge in [-0.3, -0.25) is 9.79 Å². The van der Waals surface area contributed by atoms with E-state index >= 15 is 0 Å². The van der Waals surface area contributed by atoms with Gasteiger partial charge in [-0.25, -0.2) is 0 Å². The zero-order chi connectivity index (χ0) is 10.4. The molecule has 0 aromatic rings. The average Bonchev–Trinajstić information content (AvgIpc) is 2.02. The Bertz CT molecular complexity index is 196. The maximum Gasteiger partial charge on any atom is 0.185 e. The molecule has 5 heteroatoms. The van der Waals surface area contributed by atoms with Crippen molar-refractivity contribution in [1.82, 2.24) is 0 Å². The third kappa shape index (κ3) is 5.19. The molecule has 0 saturated carbocycles. The molecule has 0 aromatic heterocycles. The number of nitrogens with zero attached hydrogens (tertiary/aromatic N) is 1. The van der Waals surface area contributed by atoms with Gasteiger partial charge in [0.2, 0.25) is 0 Å². The highest BCUT2D eigenvalue weighted by Gasteiger charge is 2.15. The highest BCUT2D eigenvalue weighted by molar-refractivity contribution is 5.85. The number of nitrogens with two attached hydrogens (primary N) is 3. The predicted molar refractivity (Wildman–Crippen MR) is 53.1 cm³/mol. The average molecular weight is 186 g/mol. The maximum absolute atomic E-state index is 11.3. The van der Waals surface area contributed by atoms with Gasteiger partial charge in [0.05, 0.1) is 6.04 Å². The summed E-state index contributed by atoms with van der Waals surface area (Å²) in [6.07, 6.45) is 0.495. The molecule has 76 valence electrons. The minimum absolute atomic E-state index is 0.0317. The zero-order valence-electron chi connectivity index (χ0n) is 8.16. The van der Waals surface area contributed by atoms with Crippen LogP contribution in [0.5, 0.6) is 0 Å². The third-order valence-corrected chi connectivity index (χ3v) is 1.67.